The highest BCUT2D eigenvalue weighted by Crippen LogP contribution is 2.27. The molecule has 0 spiro atoms. The summed E-state index contributed by atoms with van der Waals surface area (Å²) in [7, 11) is 1.41. The Morgan fingerprint density at radius 2 is 2.47 bits per heavy atom. The van der Waals surface area contributed by atoms with Crippen LogP contribution in [-0.4, -0.2) is 23.5 Å². The highest BCUT2D eigenvalue weighted by atomic mass is 32.2. The van der Waals surface area contributed by atoms with Crippen molar-refractivity contribution < 1.29 is 14.1 Å². The highest BCUT2D eigenvalue weighted by molar-refractivity contribution is 7.99. The normalized spacial score (nSPS) is 12.3. The number of carbonyl (C=O) groups is 1. The van der Waals surface area contributed by atoms with E-state index in [0.29, 0.717) is 6.42 Å². The molecule has 0 amide bonds. The van der Waals surface area contributed by atoms with E-state index >= 15 is 0 Å². The summed E-state index contributed by atoms with van der Waals surface area (Å²) in [5, 5.41) is 6.25. The van der Waals surface area contributed by atoms with Gasteiger partial charge in [-0.15, -0.1) is 11.3 Å². The topological polar surface area (TPSA) is 52.3 Å². The predicted molar refractivity (Wildman–Crippen MR) is 77.2 cm³/mol. The average molecular weight is 297 g/mol. The minimum absolute atomic E-state index is 0.181. The SMILES string of the molecule is COC(=O)CC(C)SCc1cc(-c2cccs2)on1. The van der Waals surface area contributed by atoms with Crippen molar-refractivity contribution in [2.24, 2.45) is 0 Å². The number of hydrogen-bond donors (Lipinski definition) is 0. The van der Waals surface area contributed by atoms with Gasteiger partial charge in [0.15, 0.2) is 5.76 Å². The van der Waals surface area contributed by atoms with E-state index in [-0.39, 0.29) is 11.2 Å². The molecular formula is C13H15NO3S2. The van der Waals surface area contributed by atoms with Crippen molar-refractivity contribution in [1.82, 2.24) is 5.16 Å². The summed E-state index contributed by atoms with van der Waals surface area (Å²) in [4.78, 5) is 12.2. The Morgan fingerprint density at radius 3 is 3.16 bits per heavy atom. The molecule has 0 fully saturated rings. The van der Waals surface area contributed by atoms with Crippen LogP contribution in [0.2, 0.25) is 0 Å². The number of hydrogen-bond acceptors (Lipinski definition) is 6. The van der Waals surface area contributed by atoms with Gasteiger partial charge in [0.2, 0.25) is 0 Å². The molecule has 0 aliphatic rings. The Hall–Kier alpha value is -1.27. The quantitative estimate of drug-likeness (QED) is 0.763. The van der Waals surface area contributed by atoms with Crippen molar-refractivity contribution in [3.8, 4) is 10.6 Å². The fourth-order valence-electron chi connectivity index (χ4n) is 1.52. The lowest BCUT2D eigenvalue weighted by Crippen LogP contribution is -2.08. The van der Waals surface area contributed by atoms with Gasteiger partial charge in [-0.1, -0.05) is 18.1 Å². The monoisotopic (exact) mass is 297 g/mol. The van der Waals surface area contributed by atoms with E-state index < -0.39 is 0 Å². The first-order valence-electron chi connectivity index (χ1n) is 5.87. The lowest BCUT2D eigenvalue weighted by molar-refractivity contribution is -0.140. The molecule has 0 aliphatic heterocycles. The Labute approximate surface area is 120 Å². The summed E-state index contributed by atoms with van der Waals surface area (Å²) >= 11 is 3.29. The Morgan fingerprint density at radius 1 is 1.63 bits per heavy atom. The third kappa shape index (κ3) is 4.11. The summed E-state index contributed by atoms with van der Waals surface area (Å²) in [5.41, 5.74) is 0.894. The Balaban J connectivity index is 1.85. The van der Waals surface area contributed by atoms with E-state index in [2.05, 4.69) is 9.89 Å². The van der Waals surface area contributed by atoms with Crippen LogP contribution >= 0.6 is 23.1 Å². The van der Waals surface area contributed by atoms with Gasteiger partial charge < -0.3 is 9.26 Å². The molecule has 0 N–H and O–H groups in total. The first-order valence-corrected chi connectivity index (χ1v) is 7.79. The van der Waals surface area contributed by atoms with Gasteiger partial charge in [0.25, 0.3) is 0 Å². The summed E-state index contributed by atoms with van der Waals surface area (Å²) in [6.45, 7) is 2.00. The van der Waals surface area contributed by atoms with E-state index in [9.17, 15) is 4.79 Å². The van der Waals surface area contributed by atoms with Crippen LogP contribution in [0.15, 0.2) is 28.1 Å². The number of carbonyl (C=O) groups excluding carboxylic acids is 1. The lowest BCUT2D eigenvalue weighted by atomic mass is 10.3. The molecule has 2 aromatic rings. The molecule has 0 radical (unpaired) electrons. The van der Waals surface area contributed by atoms with Crippen molar-refractivity contribution in [3.63, 3.8) is 0 Å². The van der Waals surface area contributed by atoms with E-state index in [0.717, 1.165) is 22.1 Å². The molecule has 102 valence electrons. The maximum atomic E-state index is 11.1. The van der Waals surface area contributed by atoms with Crippen LogP contribution in [0.4, 0.5) is 0 Å². The summed E-state index contributed by atoms with van der Waals surface area (Å²) < 4.78 is 9.94. The Kier molecular flexibility index (Phi) is 5.04. The van der Waals surface area contributed by atoms with E-state index in [1.165, 1.54) is 7.11 Å². The number of nitrogens with zero attached hydrogens (tertiary/aromatic N) is 1. The third-order valence-electron chi connectivity index (χ3n) is 2.52. The van der Waals surface area contributed by atoms with Crippen molar-refractivity contribution in [3.05, 3.63) is 29.3 Å². The van der Waals surface area contributed by atoms with Gasteiger partial charge >= 0.3 is 5.97 Å². The molecular weight excluding hydrogens is 282 g/mol. The molecule has 0 aliphatic carbocycles. The summed E-state index contributed by atoms with van der Waals surface area (Å²) in [6.07, 6.45) is 0.413. The number of thiophene rings is 1. The molecule has 2 aromatic heterocycles. The standard InChI is InChI=1S/C13H15NO3S2/c1-9(6-13(15)16-2)19-8-10-7-11(17-14-10)12-4-3-5-18-12/h3-5,7,9H,6,8H2,1-2H3. The van der Waals surface area contributed by atoms with Gasteiger partial charge in [0.05, 0.1) is 24.1 Å². The zero-order valence-electron chi connectivity index (χ0n) is 10.8. The molecule has 0 aromatic carbocycles. The van der Waals surface area contributed by atoms with Crippen LogP contribution < -0.4 is 0 Å². The van der Waals surface area contributed by atoms with E-state index in [4.69, 9.17) is 4.52 Å². The van der Waals surface area contributed by atoms with Gasteiger partial charge in [-0.3, -0.25) is 4.79 Å². The number of rotatable bonds is 6. The Bertz CT molecular complexity index is 522. The second-order valence-electron chi connectivity index (χ2n) is 4.06. The van der Waals surface area contributed by atoms with Gasteiger partial charge in [0, 0.05) is 17.1 Å². The fourth-order valence-corrected chi connectivity index (χ4v) is 3.04. The van der Waals surface area contributed by atoms with Gasteiger partial charge in [0.1, 0.15) is 0 Å². The number of aromatic nitrogens is 1. The largest absolute Gasteiger partial charge is 0.469 e. The smallest absolute Gasteiger partial charge is 0.306 e. The van der Waals surface area contributed by atoms with Crippen molar-refractivity contribution in [2.45, 2.75) is 24.3 Å². The number of ether oxygens (including phenoxy) is 1. The fraction of sp³-hybridized carbons (Fsp3) is 0.385. The second-order valence-corrected chi connectivity index (χ2v) is 6.44. The zero-order valence-corrected chi connectivity index (χ0v) is 12.4. The van der Waals surface area contributed by atoms with Crippen LogP contribution in [0.3, 0.4) is 0 Å². The molecule has 4 nitrogen and oxygen atoms in total. The molecule has 19 heavy (non-hydrogen) atoms. The molecule has 1 unspecified atom stereocenters. The number of thioether (sulfide) groups is 1. The van der Waals surface area contributed by atoms with Gasteiger partial charge in [-0.05, 0) is 11.4 Å². The zero-order chi connectivity index (χ0) is 13.7. The maximum absolute atomic E-state index is 11.1. The number of methoxy groups -OCH3 is 1. The molecule has 2 heterocycles. The minimum Gasteiger partial charge on any atom is -0.469 e. The average Bonchev–Trinajstić information content (AvgIpc) is 3.06. The van der Waals surface area contributed by atoms with Crippen molar-refractivity contribution >= 4 is 29.1 Å². The summed E-state index contributed by atoms with van der Waals surface area (Å²) in [6, 6.07) is 5.93. The van der Waals surface area contributed by atoms with Crippen molar-refractivity contribution in [1.29, 1.82) is 0 Å². The van der Waals surface area contributed by atoms with Crippen LogP contribution in [0.5, 0.6) is 0 Å². The van der Waals surface area contributed by atoms with E-state index in [1.807, 2.05) is 30.5 Å². The first kappa shape index (κ1) is 14.1. The summed E-state index contributed by atoms with van der Waals surface area (Å²) in [5.74, 6) is 1.35. The van der Waals surface area contributed by atoms with Crippen LogP contribution in [0.1, 0.15) is 19.0 Å². The molecule has 0 bridgehead atoms. The van der Waals surface area contributed by atoms with Gasteiger partial charge in [-0.2, -0.15) is 11.8 Å². The number of esters is 1. The first-order chi connectivity index (χ1) is 9.19. The lowest BCUT2D eigenvalue weighted by Gasteiger charge is -2.07. The molecule has 6 heteroatoms. The van der Waals surface area contributed by atoms with Crippen LogP contribution in [0, 0.1) is 0 Å². The highest BCUT2D eigenvalue weighted by Gasteiger charge is 2.12. The second kappa shape index (κ2) is 6.77. The minimum atomic E-state index is -0.181. The van der Waals surface area contributed by atoms with Crippen molar-refractivity contribution in [2.75, 3.05) is 7.11 Å². The molecule has 1 atom stereocenters. The van der Waals surface area contributed by atoms with Crippen LogP contribution in [-0.2, 0) is 15.3 Å². The maximum Gasteiger partial charge on any atom is 0.306 e. The van der Waals surface area contributed by atoms with E-state index in [1.54, 1.807) is 23.1 Å². The predicted octanol–water partition coefficient (Wildman–Crippen LogP) is 3.59. The molecule has 0 saturated carbocycles. The third-order valence-corrected chi connectivity index (χ3v) is 4.60. The van der Waals surface area contributed by atoms with Gasteiger partial charge in [-0.25, -0.2) is 0 Å². The molecule has 0 saturated heterocycles. The molecule has 2 rings (SSSR count). The van der Waals surface area contributed by atoms with Crippen LogP contribution in [0.25, 0.3) is 10.6 Å².